The summed E-state index contributed by atoms with van der Waals surface area (Å²) in [6.45, 7) is 4.33. The van der Waals surface area contributed by atoms with Gasteiger partial charge >= 0.3 is 6.18 Å². The van der Waals surface area contributed by atoms with Gasteiger partial charge in [-0.05, 0) is 44.6 Å². The number of nitrogens with one attached hydrogen (secondary N) is 1. The monoisotopic (exact) mass is 265 g/mol. The van der Waals surface area contributed by atoms with Crippen LogP contribution in [0.5, 0.6) is 0 Å². The number of alkyl halides is 3. The van der Waals surface area contributed by atoms with E-state index in [1.165, 1.54) is 0 Å². The molecule has 1 unspecified atom stereocenters. The quantitative estimate of drug-likeness (QED) is 0.778. The Morgan fingerprint density at radius 3 is 1.89 bits per heavy atom. The summed E-state index contributed by atoms with van der Waals surface area (Å²) < 4.78 is 37.9. The van der Waals surface area contributed by atoms with Crippen LogP contribution >= 0.6 is 0 Å². The maximum Gasteiger partial charge on any atom is 0.391 e. The van der Waals surface area contributed by atoms with Gasteiger partial charge in [-0.3, -0.25) is 0 Å². The summed E-state index contributed by atoms with van der Waals surface area (Å²) in [7, 11) is 1.94. The topological polar surface area (TPSA) is 12.0 Å². The lowest BCUT2D eigenvalue weighted by Gasteiger charge is -2.38. The zero-order chi connectivity index (χ0) is 13.8. The Morgan fingerprint density at radius 1 is 1.06 bits per heavy atom. The van der Waals surface area contributed by atoms with Gasteiger partial charge in [0.2, 0.25) is 0 Å². The highest BCUT2D eigenvalue weighted by Crippen LogP contribution is 2.41. The average molecular weight is 265 g/mol. The third-order valence-electron chi connectivity index (χ3n) is 4.63. The summed E-state index contributed by atoms with van der Waals surface area (Å²) in [6.07, 6.45) is 0.259. The van der Waals surface area contributed by atoms with Crippen LogP contribution < -0.4 is 5.32 Å². The first-order valence-corrected chi connectivity index (χ1v) is 7.17. The predicted octanol–water partition coefficient (Wildman–Crippen LogP) is 4.38. The van der Waals surface area contributed by atoms with E-state index >= 15 is 0 Å². The van der Waals surface area contributed by atoms with Crippen molar-refractivity contribution in [3.8, 4) is 0 Å². The van der Waals surface area contributed by atoms with E-state index in [1.807, 2.05) is 7.05 Å². The molecule has 108 valence electrons. The summed E-state index contributed by atoms with van der Waals surface area (Å²) in [5.74, 6) is -0.0612. The number of rotatable bonds is 5. The predicted molar refractivity (Wildman–Crippen MR) is 68.4 cm³/mol. The van der Waals surface area contributed by atoms with Crippen LogP contribution in [0.25, 0.3) is 0 Å². The highest BCUT2D eigenvalue weighted by molar-refractivity contribution is 4.86. The molecule has 0 aromatic rings. The zero-order valence-electron chi connectivity index (χ0n) is 11.7. The van der Waals surface area contributed by atoms with Crippen LogP contribution in [-0.4, -0.2) is 19.3 Å². The van der Waals surface area contributed by atoms with Gasteiger partial charge in [-0.15, -0.1) is 0 Å². The standard InChI is InChI=1S/C14H26F3N/c1-4-10(5-2)13(18-3)11-6-8-12(9-7-11)14(15,16)17/h10-13,18H,4-9H2,1-3H3. The molecule has 18 heavy (non-hydrogen) atoms. The van der Waals surface area contributed by atoms with Gasteiger partial charge in [0, 0.05) is 6.04 Å². The molecule has 0 bridgehead atoms. The van der Waals surface area contributed by atoms with Crippen molar-refractivity contribution in [2.24, 2.45) is 17.8 Å². The average Bonchev–Trinajstić information content (AvgIpc) is 2.35. The first kappa shape index (κ1) is 15.8. The van der Waals surface area contributed by atoms with Gasteiger partial charge in [0.05, 0.1) is 5.92 Å². The number of halogens is 3. The van der Waals surface area contributed by atoms with E-state index in [2.05, 4.69) is 19.2 Å². The fourth-order valence-corrected chi connectivity index (χ4v) is 3.46. The van der Waals surface area contributed by atoms with Crippen molar-refractivity contribution in [3.05, 3.63) is 0 Å². The molecule has 0 aromatic carbocycles. The fraction of sp³-hybridized carbons (Fsp3) is 1.00. The van der Waals surface area contributed by atoms with Crippen LogP contribution in [0.4, 0.5) is 13.2 Å². The number of hydrogen-bond acceptors (Lipinski definition) is 1. The molecule has 0 spiro atoms. The van der Waals surface area contributed by atoms with Crippen molar-refractivity contribution in [1.82, 2.24) is 5.32 Å². The minimum atomic E-state index is -3.99. The lowest BCUT2D eigenvalue weighted by Crippen LogP contribution is -2.42. The molecule has 1 saturated carbocycles. The summed E-state index contributed by atoms with van der Waals surface area (Å²) in [5, 5.41) is 3.35. The second-order valence-corrected chi connectivity index (χ2v) is 5.54. The molecule has 1 aliphatic carbocycles. The third-order valence-corrected chi connectivity index (χ3v) is 4.63. The SMILES string of the molecule is CCC(CC)C(NC)C1CCC(C(F)(F)F)CC1. The second-order valence-electron chi connectivity index (χ2n) is 5.54. The molecule has 1 aliphatic rings. The summed E-state index contributed by atoms with van der Waals surface area (Å²) in [5.41, 5.74) is 0. The van der Waals surface area contributed by atoms with Gasteiger partial charge in [-0.25, -0.2) is 0 Å². The number of hydrogen-bond donors (Lipinski definition) is 1. The van der Waals surface area contributed by atoms with E-state index in [0.717, 1.165) is 12.8 Å². The Kier molecular flexibility index (Phi) is 5.96. The molecule has 1 atom stereocenters. The zero-order valence-corrected chi connectivity index (χ0v) is 11.7. The molecule has 1 N–H and O–H groups in total. The molecule has 0 amide bonds. The molecule has 4 heteroatoms. The van der Waals surface area contributed by atoms with E-state index < -0.39 is 12.1 Å². The van der Waals surface area contributed by atoms with Crippen LogP contribution in [0.1, 0.15) is 52.4 Å². The van der Waals surface area contributed by atoms with E-state index in [9.17, 15) is 13.2 Å². The summed E-state index contributed by atoms with van der Waals surface area (Å²) in [6, 6.07) is 0.384. The largest absolute Gasteiger partial charge is 0.391 e. The lowest BCUT2D eigenvalue weighted by molar-refractivity contribution is -0.184. The molecule has 1 fully saturated rings. The minimum Gasteiger partial charge on any atom is -0.316 e. The smallest absolute Gasteiger partial charge is 0.316 e. The van der Waals surface area contributed by atoms with Crippen LogP contribution in [-0.2, 0) is 0 Å². The van der Waals surface area contributed by atoms with E-state index in [1.54, 1.807) is 0 Å². The summed E-state index contributed by atoms with van der Waals surface area (Å²) in [4.78, 5) is 0. The van der Waals surface area contributed by atoms with Crippen LogP contribution in [0.2, 0.25) is 0 Å². The van der Waals surface area contributed by atoms with Crippen molar-refractivity contribution in [2.75, 3.05) is 7.05 Å². The highest BCUT2D eigenvalue weighted by Gasteiger charge is 2.42. The van der Waals surface area contributed by atoms with Crippen molar-refractivity contribution in [3.63, 3.8) is 0 Å². The van der Waals surface area contributed by atoms with Crippen molar-refractivity contribution >= 4 is 0 Å². The molecule has 0 saturated heterocycles. The Labute approximate surface area is 109 Å². The second kappa shape index (κ2) is 6.78. The molecule has 0 aliphatic heterocycles. The Morgan fingerprint density at radius 2 is 1.56 bits per heavy atom. The molecular weight excluding hydrogens is 239 g/mol. The molecule has 0 heterocycles. The minimum absolute atomic E-state index is 0.312. The molecular formula is C14H26F3N. The molecule has 0 radical (unpaired) electrons. The lowest BCUT2D eigenvalue weighted by atomic mass is 9.74. The maximum absolute atomic E-state index is 12.6. The van der Waals surface area contributed by atoms with Gasteiger partial charge in [-0.1, -0.05) is 26.7 Å². The first-order valence-electron chi connectivity index (χ1n) is 7.17. The Bertz CT molecular complexity index is 228. The van der Waals surface area contributed by atoms with Gasteiger partial charge in [-0.2, -0.15) is 13.2 Å². The first-order chi connectivity index (χ1) is 8.43. The normalized spacial score (nSPS) is 27.5. The highest BCUT2D eigenvalue weighted by atomic mass is 19.4. The van der Waals surface area contributed by atoms with Crippen LogP contribution in [0, 0.1) is 17.8 Å². The van der Waals surface area contributed by atoms with Crippen LogP contribution in [0.15, 0.2) is 0 Å². The molecule has 1 nitrogen and oxygen atoms in total. The van der Waals surface area contributed by atoms with E-state index in [4.69, 9.17) is 0 Å². The van der Waals surface area contributed by atoms with Gasteiger partial charge < -0.3 is 5.32 Å². The van der Waals surface area contributed by atoms with E-state index in [-0.39, 0.29) is 0 Å². The van der Waals surface area contributed by atoms with Crippen molar-refractivity contribution in [2.45, 2.75) is 64.6 Å². The third kappa shape index (κ3) is 3.87. The van der Waals surface area contributed by atoms with Crippen LogP contribution in [0.3, 0.4) is 0 Å². The van der Waals surface area contributed by atoms with Gasteiger partial charge in [0.15, 0.2) is 0 Å². The van der Waals surface area contributed by atoms with Crippen molar-refractivity contribution in [1.29, 1.82) is 0 Å². The fourth-order valence-electron chi connectivity index (χ4n) is 3.46. The molecule has 1 rings (SSSR count). The molecule has 0 aromatic heterocycles. The van der Waals surface area contributed by atoms with Gasteiger partial charge in [0.1, 0.15) is 0 Å². The van der Waals surface area contributed by atoms with E-state index in [0.29, 0.717) is 43.6 Å². The Balaban J connectivity index is 2.55. The maximum atomic E-state index is 12.6. The Hall–Kier alpha value is -0.250. The van der Waals surface area contributed by atoms with Crippen molar-refractivity contribution < 1.29 is 13.2 Å². The van der Waals surface area contributed by atoms with Gasteiger partial charge in [0.25, 0.3) is 0 Å². The summed E-state index contributed by atoms with van der Waals surface area (Å²) >= 11 is 0.